The third-order valence-electron chi connectivity index (χ3n) is 4.57. The second kappa shape index (κ2) is 12.8. The number of aliphatic hydroxyl groups is 1. The number of nitrogens with two attached hydrogens (primary N) is 1. The van der Waals surface area contributed by atoms with E-state index in [1.165, 1.54) is 0 Å². The summed E-state index contributed by atoms with van der Waals surface area (Å²) in [4.78, 5) is 59.6. The molecule has 0 heterocycles. The Labute approximate surface area is 174 Å². The van der Waals surface area contributed by atoms with Crippen LogP contribution in [-0.2, 0) is 24.0 Å². The molecule has 12 nitrogen and oxygen atoms in total. The summed E-state index contributed by atoms with van der Waals surface area (Å²) >= 11 is 0. The van der Waals surface area contributed by atoms with Gasteiger partial charge in [0.2, 0.25) is 17.7 Å². The maximum atomic E-state index is 12.6. The number of aliphatic hydroxyl groups excluding tert-OH is 1. The Hall–Kier alpha value is -2.73. The van der Waals surface area contributed by atoms with Crippen LogP contribution in [0.1, 0.15) is 40.5 Å². The third-order valence-corrected chi connectivity index (χ3v) is 4.57. The number of carbonyl (C=O) groups is 5. The molecule has 0 aromatic rings. The standard InChI is InChI=1S/C18H32N4O8/c1-5-9(4)14(18(29)30)22-16(27)11(6-12(24)25)20-17(28)13(8(2)3)21-15(26)10(19)7-23/h8-11,13-14,23H,5-7,19H2,1-4H3,(H,20,28)(H,21,26)(H,22,27)(H,24,25)(H,29,30). The van der Waals surface area contributed by atoms with Gasteiger partial charge in [-0.3, -0.25) is 19.2 Å². The Bertz CT molecular complexity index is 640. The van der Waals surface area contributed by atoms with E-state index in [-0.39, 0.29) is 0 Å². The van der Waals surface area contributed by atoms with E-state index in [1.807, 2.05) is 0 Å². The van der Waals surface area contributed by atoms with Crippen LogP contribution in [0.15, 0.2) is 0 Å². The first-order chi connectivity index (χ1) is 13.8. The van der Waals surface area contributed by atoms with E-state index in [0.717, 1.165) is 0 Å². The van der Waals surface area contributed by atoms with Crippen molar-refractivity contribution in [1.29, 1.82) is 0 Å². The molecule has 0 rings (SSSR count). The first kappa shape index (κ1) is 27.3. The van der Waals surface area contributed by atoms with Crippen molar-refractivity contribution in [2.24, 2.45) is 17.6 Å². The molecule has 30 heavy (non-hydrogen) atoms. The second-order valence-corrected chi connectivity index (χ2v) is 7.39. The average Bonchev–Trinajstić information content (AvgIpc) is 2.66. The molecular formula is C18H32N4O8. The van der Waals surface area contributed by atoms with Crippen LogP contribution in [0.3, 0.4) is 0 Å². The minimum atomic E-state index is -1.56. The molecule has 172 valence electrons. The van der Waals surface area contributed by atoms with Gasteiger partial charge in [0.15, 0.2) is 0 Å². The SMILES string of the molecule is CCC(C)C(NC(=O)C(CC(=O)O)NC(=O)C(NC(=O)C(N)CO)C(C)C)C(=O)O. The van der Waals surface area contributed by atoms with Crippen molar-refractivity contribution in [2.45, 2.75) is 64.7 Å². The lowest BCUT2D eigenvalue weighted by molar-refractivity contribution is -0.144. The maximum absolute atomic E-state index is 12.6. The molecule has 12 heteroatoms. The number of rotatable bonds is 13. The molecule has 0 aromatic heterocycles. The fourth-order valence-electron chi connectivity index (χ4n) is 2.46. The molecule has 8 N–H and O–H groups in total. The minimum absolute atomic E-state index is 0.435. The van der Waals surface area contributed by atoms with Crippen LogP contribution in [0.2, 0.25) is 0 Å². The van der Waals surface area contributed by atoms with Crippen molar-refractivity contribution in [2.75, 3.05) is 6.61 Å². The van der Waals surface area contributed by atoms with Gasteiger partial charge in [0.1, 0.15) is 24.2 Å². The monoisotopic (exact) mass is 432 g/mol. The highest BCUT2D eigenvalue weighted by Gasteiger charge is 2.33. The molecule has 0 spiro atoms. The number of amides is 3. The van der Waals surface area contributed by atoms with Gasteiger partial charge in [-0.25, -0.2) is 4.79 Å². The van der Waals surface area contributed by atoms with Crippen LogP contribution < -0.4 is 21.7 Å². The zero-order valence-corrected chi connectivity index (χ0v) is 17.5. The Morgan fingerprint density at radius 3 is 1.80 bits per heavy atom. The van der Waals surface area contributed by atoms with Crippen LogP contribution in [0, 0.1) is 11.8 Å². The Balaban J connectivity index is 5.48. The predicted molar refractivity (Wildman–Crippen MR) is 105 cm³/mol. The van der Waals surface area contributed by atoms with Crippen LogP contribution in [0.4, 0.5) is 0 Å². The van der Waals surface area contributed by atoms with Crippen LogP contribution >= 0.6 is 0 Å². The van der Waals surface area contributed by atoms with E-state index < -0.39 is 78.7 Å². The molecular weight excluding hydrogens is 400 g/mol. The molecule has 3 amide bonds. The highest BCUT2D eigenvalue weighted by atomic mass is 16.4. The molecule has 5 atom stereocenters. The van der Waals surface area contributed by atoms with Crippen molar-refractivity contribution >= 4 is 29.7 Å². The fraction of sp³-hybridized carbons (Fsp3) is 0.722. The molecule has 0 saturated heterocycles. The molecule has 0 aromatic carbocycles. The molecule has 0 aliphatic carbocycles. The number of carbonyl (C=O) groups excluding carboxylic acids is 3. The number of aliphatic carboxylic acids is 2. The Morgan fingerprint density at radius 2 is 1.40 bits per heavy atom. The Kier molecular flexibility index (Phi) is 11.6. The van der Waals surface area contributed by atoms with Gasteiger partial charge in [0.05, 0.1) is 13.0 Å². The first-order valence-corrected chi connectivity index (χ1v) is 9.57. The van der Waals surface area contributed by atoms with E-state index in [2.05, 4.69) is 16.0 Å². The van der Waals surface area contributed by atoms with Gasteiger partial charge in [-0.15, -0.1) is 0 Å². The van der Waals surface area contributed by atoms with Crippen LogP contribution in [0.25, 0.3) is 0 Å². The smallest absolute Gasteiger partial charge is 0.326 e. The molecule has 0 radical (unpaired) electrons. The topological polar surface area (TPSA) is 208 Å². The summed E-state index contributed by atoms with van der Waals surface area (Å²) in [6.45, 7) is 5.90. The zero-order valence-electron chi connectivity index (χ0n) is 17.5. The summed E-state index contributed by atoms with van der Waals surface area (Å²) in [5.41, 5.74) is 5.41. The van der Waals surface area contributed by atoms with Crippen molar-refractivity contribution in [3.63, 3.8) is 0 Å². The molecule has 0 bridgehead atoms. The highest BCUT2D eigenvalue weighted by molar-refractivity contribution is 5.95. The molecule has 0 aliphatic heterocycles. The van der Waals surface area contributed by atoms with Gasteiger partial charge in [-0.05, 0) is 11.8 Å². The number of hydrogen-bond acceptors (Lipinski definition) is 7. The second-order valence-electron chi connectivity index (χ2n) is 7.39. The summed E-state index contributed by atoms with van der Waals surface area (Å²) in [7, 11) is 0. The summed E-state index contributed by atoms with van der Waals surface area (Å²) in [6, 6.07) is -5.25. The summed E-state index contributed by atoms with van der Waals surface area (Å²) in [5.74, 6) is -6.19. The van der Waals surface area contributed by atoms with Crippen molar-refractivity contribution < 1.29 is 39.3 Å². The lowest BCUT2D eigenvalue weighted by Gasteiger charge is -2.27. The summed E-state index contributed by atoms with van der Waals surface area (Å²) < 4.78 is 0. The highest BCUT2D eigenvalue weighted by Crippen LogP contribution is 2.09. The zero-order chi connectivity index (χ0) is 23.6. The molecule has 0 aliphatic rings. The minimum Gasteiger partial charge on any atom is -0.481 e. The van der Waals surface area contributed by atoms with Gasteiger partial charge < -0.3 is 37.0 Å². The van der Waals surface area contributed by atoms with E-state index in [4.69, 9.17) is 15.9 Å². The van der Waals surface area contributed by atoms with E-state index in [0.29, 0.717) is 6.42 Å². The molecule has 5 unspecified atom stereocenters. The van der Waals surface area contributed by atoms with Gasteiger partial charge >= 0.3 is 11.9 Å². The number of hydrogen-bond donors (Lipinski definition) is 7. The number of nitrogens with one attached hydrogen (secondary N) is 3. The summed E-state index contributed by atoms with van der Waals surface area (Å²) in [5, 5.41) is 34.2. The van der Waals surface area contributed by atoms with Gasteiger partial charge in [0.25, 0.3) is 0 Å². The molecule has 0 saturated carbocycles. The number of carboxylic acids is 2. The largest absolute Gasteiger partial charge is 0.481 e. The average molecular weight is 432 g/mol. The fourth-order valence-corrected chi connectivity index (χ4v) is 2.46. The number of carboxylic acid groups (broad SMARTS) is 2. The van der Waals surface area contributed by atoms with Crippen LogP contribution in [-0.4, -0.2) is 75.8 Å². The quantitative estimate of drug-likeness (QED) is 0.172. The lowest BCUT2D eigenvalue weighted by atomic mass is 9.98. The molecule has 0 fully saturated rings. The van der Waals surface area contributed by atoms with Crippen LogP contribution in [0.5, 0.6) is 0 Å². The maximum Gasteiger partial charge on any atom is 0.326 e. The van der Waals surface area contributed by atoms with E-state index in [1.54, 1.807) is 27.7 Å². The van der Waals surface area contributed by atoms with Crippen molar-refractivity contribution in [3.8, 4) is 0 Å². The first-order valence-electron chi connectivity index (χ1n) is 9.57. The lowest BCUT2D eigenvalue weighted by Crippen LogP contribution is -2.59. The normalized spacial score (nSPS) is 16.0. The van der Waals surface area contributed by atoms with E-state index >= 15 is 0 Å². The van der Waals surface area contributed by atoms with E-state index in [9.17, 15) is 29.1 Å². The van der Waals surface area contributed by atoms with Crippen molar-refractivity contribution in [1.82, 2.24) is 16.0 Å². The third kappa shape index (κ3) is 8.74. The van der Waals surface area contributed by atoms with Crippen molar-refractivity contribution in [3.05, 3.63) is 0 Å². The van der Waals surface area contributed by atoms with Gasteiger partial charge in [-0.2, -0.15) is 0 Å². The predicted octanol–water partition coefficient (Wildman–Crippen LogP) is -1.98. The Morgan fingerprint density at radius 1 is 0.867 bits per heavy atom. The van der Waals surface area contributed by atoms with Gasteiger partial charge in [0, 0.05) is 0 Å². The van der Waals surface area contributed by atoms with Gasteiger partial charge in [-0.1, -0.05) is 34.1 Å². The summed E-state index contributed by atoms with van der Waals surface area (Å²) in [6.07, 6.45) is -0.348.